The highest BCUT2D eigenvalue weighted by Gasteiger charge is 2.15. The number of nitrogens with zero attached hydrogens (tertiary/aromatic N) is 2. The van der Waals surface area contributed by atoms with Crippen LogP contribution in [0.4, 0.5) is 11.5 Å². The van der Waals surface area contributed by atoms with Crippen molar-refractivity contribution < 1.29 is 13.2 Å². The standard InChI is InChI=1S/C15H12N4O3S/c20-10-17-11-5-7-12(8-6-11)23(21,22)19-15-9-16-13-3-1-2-4-14(13)18-15/h1-10H,(H,17,20)(H,18,19). The number of hydrogen-bond acceptors (Lipinski definition) is 5. The minimum absolute atomic E-state index is 0.0592. The van der Waals surface area contributed by atoms with Crippen LogP contribution in [0.3, 0.4) is 0 Å². The highest BCUT2D eigenvalue weighted by Crippen LogP contribution is 2.18. The van der Waals surface area contributed by atoms with Gasteiger partial charge in [0.15, 0.2) is 5.82 Å². The van der Waals surface area contributed by atoms with E-state index in [9.17, 15) is 13.2 Å². The Balaban J connectivity index is 1.88. The number of amides is 1. The molecule has 7 nitrogen and oxygen atoms in total. The first-order valence-electron chi connectivity index (χ1n) is 6.63. The first-order chi connectivity index (χ1) is 11.1. The van der Waals surface area contributed by atoms with Crippen LogP contribution in [-0.4, -0.2) is 24.8 Å². The summed E-state index contributed by atoms with van der Waals surface area (Å²) >= 11 is 0. The van der Waals surface area contributed by atoms with E-state index >= 15 is 0 Å². The number of para-hydroxylation sites is 2. The molecule has 0 spiro atoms. The molecule has 23 heavy (non-hydrogen) atoms. The van der Waals surface area contributed by atoms with E-state index < -0.39 is 10.0 Å². The summed E-state index contributed by atoms with van der Waals surface area (Å²) in [6, 6.07) is 12.9. The second kappa shape index (κ2) is 6.01. The van der Waals surface area contributed by atoms with Gasteiger partial charge in [0, 0.05) is 5.69 Å². The van der Waals surface area contributed by atoms with Crippen molar-refractivity contribution in [3.8, 4) is 0 Å². The number of rotatable bonds is 5. The summed E-state index contributed by atoms with van der Waals surface area (Å²) in [6.07, 6.45) is 1.88. The number of aromatic nitrogens is 2. The van der Waals surface area contributed by atoms with Crippen LogP contribution in [0.2, 0.25) is 0 Å². The van der Waals surface area contributed by atoms with E-state index in [4.69, 9.17) is 0 Å². The molecule has 0 saturated carbocycles. The third-order valence-corrected chi connectivity index (χ3v) is 4.45. The zero-order valence-electron chi connectivity index (χ0n) is 11.8. The van der Waals surface area contributed by atoms with Gasteiger partial charge in [-0.15, -0.1) is 0 Å². The van der Waals surface area contributed by atoms with E-state index in [1.54, 1.807) is 18.2 Å². The zero-order valence-corrected chi connectivity index (χ0v) is 12.6. The van der Waals surface area contributed by atoms with E-state index in [0.29, 0.717) is 23.1 Å². The van der Waals surface area contributed by atoms with Gasteiger partial charge in [-0.25, -0.2) is 13.4 Å². The Hall–Kier alpha value is -3.00. The average molecular weight is 328 g/mol. The van der Waals surface area contributed by atoms with Gasteiger partial charge in [0.1, 0.15) is 0 Å². The molecule has 0 aliphatic carbocycles. The lowest BCUT2D eigenvalue weighted by Gasteiger charge is -2.08. The fourth-order valence-corrected chi connectivity index (χ4v) is 2.99. The summed E-state index contributed by atoms with van der Waals surface area (Å²) in [5.41, 5.74) is 1.78. The Kier molecular flexibility index (Phi) is 3.90. The fourth-order valence-electron chi connectivity index (χ4n) is 2.00. The third kappa shape index (κ3) is 3.27. The van der Waals surface area contributed by atoms with Crippen LogP contribution in [0.5, 0.6) is 0 Å². The minimum atomic E-state index is -3.78. The van der Waals surface area contributed by atoms with Gasteiger partial charge >= 0.3 is 0 Å². The van der Waals surface area contributed by atoms with Gasteiger partial charge in [-0.3, -0.25) is 14.5 Å². The Bertz CT molecular complexity index is 956. The molecule has 0 unspecified atom stereocenters. The van der Waals surface area contributed by atoms with Crippen molar-refractivity contribution in [1.82, 2.24) is 9.97 Å². The molecule has 0 atom stereocenters. The Morgan fingerprint density at radius 3 is 2.35 bits per heavy atom. The van der Waals surface area contributed by atoms with Crippen LogP contribution in [0.25, 0.3) is 11.0 Å². The molecule has 8 heteroatoms. The molecule has 0 bridgehead atoms. The molecule has 1 heterocycles. The molecule has 1 amide bonds. The summed E-state index contributed by atoms with van der Waals surface area (Å²) in [7, 11) is -3.78. The number of benzene rings is 2. The minimum Gasteiger partial charge on any atom is -0.329 e. The lowest BCUT2D eigenvalue weighted by molar-refractivity contribution is -0.105. The SMILES string of the molecule is O=CNc1ccc(S(=O)(=O)Nc2cnc3ccccc3n2)cc1. The maximum Gasteiger partial charge on any atom is 0.263 e. The summed E-state index contributed by atoms with van der Waals surface area (Å²) in [5.74, 6) is 0.138. The van der Waals surface area contributed by atoms with E-state index in [0.717, 1.165) is 0 Å². The van der Waals surface area contributed by atoms with Crippen LogP contribution >= 0.6 is 0 Å². The predicted molar refractivity (Wildman–Crippen MR) is 86.5 cm³/mol. The number of anilines is 2. The molecular formula is C15H12N4O3S. The van der Waals surface area contributed by atoms with E-state index in [-0.39, 0.29) is 10.7 Å². The predicted octanol–water partition coefficient (Wildman–Crippen LogP) is 2.00. The van der Waals surface area contributed by atoms with Gasteiger partial charge in [0.05, 0.1) is 22.1 Å². The van der Waals surface area contributed by atoms with Gasteiger partial charge < -0.3 is 5.32 Å². The summed E-state index contributed by atoms with van der Waals surface area (Å²) in [6.45, 7) is 0. The third-order valence-electron chi connectivity index (χ3n) is 3.08. The van der Waals surface area contributed by atoms with Gasteiger partial charge in [0.2, 0.25) is 6.41 Å². The number of carbonyl (C=O) groups is 1. The van der Waals surface area contributed by atoms with Crippen molar-refractivity contribution in [1.29, 1.82) is 0 Å². The Morgan fingerprint density at radius 1 is 0.957 bits per heavy atom. The Labute approximate surface area is 132 Å². The first-order valence-corrected chi connectivity index (χ1v) is 8.12. The van der Waals surface area contributed by atoms with Crippen molar-refractivity contribution >= 4 is 39.0 Å². The number of hydrogen-bond donors (Lipinski definition) is 2. The maximum absolute atomic E-state index is 12.3. The van der Waals surface area contributed by atoms with Crippen LogP contribution in [-0.2, 0) is 14.8 Å². The average Bonchev–Trinajstić information content (AvgIpc) is 2.55. The van der Waals surface area contributed by atoms with Crippen molar-refractivity contribution in [3.05, 3.63) is 54.7 Å². The molecule has 2 N–H and O–H groups in total. The van der Waals surface area contributed by atoms with Gasteiger partial charge in [-0.05, 0) is 36.4 Å². The monoisotopic (exact) mass is 328 g/mol. The van der Waals surface area contributed by atoms with Crippen LogP contribution in [0, 0.1) is 0 Å². The number of nitrogens with one attached hydrogen (secondary N) is 2. The second-order valence-corrected chi connectivity index (χ2v) is 6.32. The number of carbonyl (C=O) groups excluding carboxylic acids is 1. The topological polar surface area (TPSA) is 101 Å². The Morgan fingerprint density at radius 2 is 1.65 bits per heavy atom. The van der Waals surface area contributed by atoms with E-state index in [1.165, 1.54) is 30.5 Å². The molecule has 1 aromatic heterocycles. The lowest BCUT2D eigenvalue weighted by atomic mass is 10.3. The number of sulfonamides is 1. The summed E-state index contributed by atoms with van der Waals surface area (Å²) in [4.78, 5) is 18.8. The van der Waals surface area contributed by atoms with Crippen molar-refractivity contribution in [2.75, 3.05) is 10.0 Å². The van der Waals surface area contributed by atoms with Gasteiger partial charge in [-0.2, -0.15) is 0 Å². The highest BCUT2D eigenvalue weighted by atomic mass is 32.2. The maximum atomic E-state index is 12.3. The van der Waals surface area contributed by atoms with Crippen LogP contribution in [0.15, 0.2) is 59.6 Å². The molecular weight excluding hydrogens is 316 g/mol. The largest absolute Gasteiger partial charge is 0.329 e. The first kappa shape index (κ1) is 14.9. The molecule has 116 valence electrons. The lowest BCUT2D eigenvalue weighted by Crippen LogP contribution is -2.14. The highest BCUT2D eigenvalue weighted by molar-refractivity contribution is 7.92. The van der Waals surface area contributed by atoms with E-state index in [1.807, 2.05) is 6.07 Å². The van der Waals surface area contributed by atoms with Crippen molar-refractivity contribution in [2.45, 2.75) is 4.90 Å². The summed E-state index contributed by atoms with van der Waals surface area (Å²) < 4.78 is 27.1. The molecule has 0 saturated heterocycles. The molecule has 0 aliphatic rings. The quantitative estimate of drug-likeness (QED) is 0.698. The molecule has 2 aromatic carbocycles. The molecule has 3 aromatic rings. The van der Waals surface area contributed by atoms with E-state index in [2.05, 4.69) is 20.0 Å². The fraction of sp³-hybridized carbons (Fsp3) is 0. The van der Waals surface area contributed by atoms with Gasteiger partial charge in [-0.1, -0.05) is 12.1 Å². The molecule has 3 rings (SSSR count). The van der Waals surface area contributed by atoms with Gasteiger partial charge in [0.25, 0.3) is 10.0 Å². The summed E-state index contributed by atoms with van der Waals surface area (Å²) in [5, 5.41) is 2.44. The van der Waals surface area contributed by atoms with Crippen LogP contribution < -0.4 is 10.0 Å². The molecule has 0 radical (unpaired) electrons. The van der Waals surface area contributed by atoms with Crippen molar-refractivity contribution in [3.63, 3.8) is 0 Å². The smallest absolute Gasteiger partial charge is 0.263 e. The molecule has 0 aliphatic heterocycles. The second-order valence-electron chi connectivity index (χ2n) is 4.64. The zero-order chi connectivity index (χ0) is 16.3. The number of fused-ring (bicyclic) bond motifs is 1. The normalized spacial score (nSPS) is 11.1. The molecule has 0 fully saturated rings. The van der Waals surface area contributed by atoms with Crippen molar-refractivity contribution in [2.24, 2.45) is 0 Å². The van der Waals surface area contributed by atoms with Crippen LogP contribution in [0.1, 0.15) is 0 Å².